The van der Waals surface area contributed by atoms with Crippen LogP contribution < -0.4 is 10.6 Å². The van der Waals surface area contributed by atoms with Crippen LogP contribution in [0.4, 0.5) is 0 Å². The maximum Gasteiger partial charge on any atom is 0.191 e. The van der Waals surface area contributed by atoms with E-state index in [1.807, 2.05) is 12.1 Å². The Morgan fingerprint density at radius 1 is 1.31 bits per heavy atom. The molecule has 1 saturated heterocycles. The van der Waals surface area contributed by atoms with Crippen molar-refractivity contribution in [1.82, 2.24) is 15.6 Å². The van der Waals surface area contributed by atoms with Crippen molar-refractivity contribution < 1.29 is 14.3 Å². The van der Waals surface area contributed by atoms with Crippen LogP contribution in [0.25, 0.3) is 0 Å². The first kappa shape index (κ1) is 18.4. The van der Waals surface area contributed by atoms with Gasteiger partial charge in [0.1, 0.15) is 5.76 Å². The molecule has 0 aromatic carbocycles. The maximum absolute atomic E-state index is 10.3. The molecule has 26 heavy (non-hydrogen) atoms. The SMILES string of the molecule is OC(CN=C(NCCc1ccco1)NCC1CCOC1)c1ccncc1. The van der Waals surface area contributed by atoms with Gasteiger partial charge in [0.2, 0.25) is 0 Å². The van der Waals surface area contributed by atoms with Crippen LogP contribution in [-0.2, 0) is 11.2 Å². The molecule has 2 atom stereocenters. The number of aliphatic hydroxyl groups is 1. The van der Waals surface area contributed by atoms with Crippen LogP contribution in [0, 0.1) is 5.92 Å². The molecule has 0 bridgehead atoms. The summed E-state index contributed by atoms with van der Waals surface area (Å²) < 4.78 is 10.8. The van der Waals surface area contributed by atoms with E-state index in [9.17, 15) is 5.11 Å². The summed E-state index contributed by atoms with van der Waals surface area (Å²) >= 11 is 0. The predicted octanol–water partition coefficient (Wildman–Crippen LogP) is 1.52. The molecule has 1 fully saturated rings. The van der Waals surface area contributed by atoms with Crippen molar-refractivity contribution in [2.45, 2.75) is 18.9 Å². The van der Waals surface area contributed by atoms with Crippen molar-refractivity contribution in [2.24, 2.45) is 10.9 Å². The smallest absolute Gasteiger partial charge is 0.191 e. The molecule has 2 aromatic rings. The van der Waals surface area contributed by atoms with Crippen LogP contribution in [0.3, 0.4) is 0 Å². The van der Waals surface area contributed by atoms with E-state index in [4.69, 9.17) is 9.15 Å². The number of hydrogen-bond donors (Lipinski definition) is 3. The minimum absolute atomic E-state index is 0.279. The van der Waals surface area contributed by atoms with Gasteiger partial charge in [0.15, 0.2) is 5.96 Å². The number of furan rings is 1. The lowest BCUT2D eigenvalue weighted by molar-refractivity contribution is 0.185. The zero-order valence-electron chi connectivity index (χ0n) is 14.8. The summed E-state index contributed by atoms with van der Waals surface area (Å²) in [7, 11) is 0. The summed E-state index contributed by atoms with van der Waals surface area (Å²) in [5.74, 6) is 2.12. The van der Waals surface area contributed by atoms with Gasteiger partial charge >= 0.3 is 0 Å². The van der Waals surface area contributed by atoms with E-state index in [0.29, 0.717) is 18.4 Å². The van der Waals surface area contributed by atoms with Crippen molar-refractivity contribution in [3.8, 4) is 0 Å². The monoisotopic (exact) mass is 358 g/mol. The lowest BCUT2D eigenvalue weighted by Crippen LogP contribution is -2.41. The molecule has 2 unspecified atom stereocenters. The number of nitrogens with zero attached hydrogens (tertiary/aromatic N) is 2. The molecule has 0 amide bonds. The van der Waals surface area contributed by atoms with Gasteiger partial charge in [-0.05, 0) is 36.2 Å². The average Bonchev–Trinajstić information content (AvgIpc) is 3.38. The van der Waals surface area contributed by atoms with Crippen LogP contribution in [0.2, 0.25) is 0 Å². The number of pyridine rings is 1. The molecule has 1 aliphatic heterocycles. The van der Waals surface area contributed by atoms with Gasteiger partial charge in [-0.15, -0.1) is 0 Å². The molecule has 0 saturated carbocycles. The highest BCUT2D eigenvalue weighted by Crippen LogP contribution is 2.12. The lowest BCUT2D eigenvalue weighted by Gasteiger charge is -2.16. The number of rotatable bonds is 8. The Labute approximate surface area is 153 Å². The van der Waals surface area contributed by atoms with E-state index in [1.54, 1.807) is 30.8 Å². The normalized spacial score (nSPS) is 18.7. The zero-order valence-corrected chi connectivity index (χ0v) is 14.8. The fraction of sp³-hybridized carbons (Fsp3) is 0.474. The van der Waals surface area contributed by atoms with Gasteiger partial charge in [-0.1, -0.05) is 0 Å². The van der Waals surface area contributed by atoms with Crippen LogP contribution >= 0.6 is 0 Å². The number of ether oxygens (including phenoxy) is 1. The van der Waals surface area contributed by atoms with E-state index in [1.165, 1.54) is 0 Å². The van der Waals surface area contributed by atoms with Crippen molar-refractivity contribution in [2.75, 3.05) is 32.8 Å². The summed E-state index contributed by atoms with van der Waals surface area (Å²) in [5.41, 5.74) is 0.808. The van der Waals surface area contributed by atoms with Gasteiger partial charge in [-0.3, -0.25) is 9.98 Å². The molecule has 140 valence electrons. The highest BCUT2D eigenvalue weighted by atomic mass is 16.5. The molecular formula is C19H26N4O3. The molecule has 3 heterocycles. The number of nitrogens with one attached hydrogen (secondary N) is 2. The topological polar surface area (TPSA) is 91.9 Å². The summed E-state index contributed by atoms with van der Waals surface area (Å²) in [6, 6.07) is 7.43. The Hall–Kier alpha value is -2.38. The summed E-state index contributed by atoms with van der Waals surface area (Å²) in [6.45, 7) is 3.39. The highest BCUT2D eigenvalue weighted by molar-refractivity contribution is 5.79. The Kier molecular flexibility index (Phi) is 7.04. The Bertz CT molecular complexity index is 655. The van der Waals surface area contributed by atoms with E-state index < -0.39 is 6.10 Å². The van der Waals surface area contributed by atoms with E-state index in [0.717, 1.165) is 43.9 Å². The second-order valence-electron chi connectivity index (χ2n) is 6.35. The van der Waals surface area contributed by atoms with Gasteiger partial charge in [0, 0.05) is 44.4 Å². The van der Waals surface area contributed by atoms with Crippen molar-refractivity contribution in [3.63, 3.8) is 0 Å². The van der Waals surface area contributed by atoms with Gasteiger partial charge in [0.25, 0.3) is 0 Å². The number of aliphatic imine (C=N–C) groups is 1. The third-order valence-electron chi connectivity index (χ3n) is 4.34. The van der Waals surface area contributed by atoms with Crippen molar-refractivity contribution in [3.05, 3.63) is 54.2 Å². The average molecular weight is 358 g/mol. The van der Waals surface area contributed by atoms with Crippen LogP contribution in [0.15, 0.2) is 52.3 Å². The largest absolute Gasteiger partial charge is 0.469 e. The Morgan fingerprint density at radius 3 is 2.92 bits per heavy atom. The Balaban J connectivity index is 1.53. The first-order valence-corrected chi connectivity index (χ1v) is 9.01. The molecule has 0 radical (unpaired) electrons. The first-order valence-electron chi connectivity index (χ1n) is 9.01. The summed E-state index contributed by atoms with van der Waals surface area (Å²) in [4.78, 5) is 8.50. The van der Waals surface area contributed by atoms with E-state index in [-0.39, 0.29) is 6.54 Å². The number of aromatic nitrogens is 1. The number of aliphatic hydroxyl groups excluding tert-OH is 1. The van der Waals surface area contributed by atoms with Gasteiger partial charge in [-0.25, -0.2) is 0 Å². The second kappa shape index (κ2) is 9.94. The zero-order chi connectivity index (χ0) is 18.0. The van der Waals surface area contributed by atoms with E-state index in [2.05, 4.69) is 20.6 Å². The minimum atomic E-state index is -0.656. The molecule has 0 spiro atoms. The molecule has 0 aliphatic carbocycles. The van der Waals surface area contributed by atoms with Gasteiger partial charge in [0.05, 0.1) is 25.5 Å². The standard InChI is InChI=1S/C19H26N4O3/c24-18(16-3-7-20-8-4-16)13-23-19(22-12-15-6-11-25-14-15)21-9-5-17-2-1-10-26-17/h1-4,7-8,10,15,18,24H,5-6,9,11-14H2,(H2,21,22,23). The van der Waals surface area contributed by atoms with Gasteiger partial charge in [-0.2, -0.15) is 0 Å². The van der Waals surface area contributed by atoms with Crippen LogP contribution in [-0.4, -0.2) is 48.9 Å². The molecule has 2 aromatic heterocycles. The maximum atomic E-state index is 10.3. The first-order chi connectivity index (χ1) is 12.8. The number of hydrogen-bond acceptors (Lipinski definition) is 5. The summed E-state index contributed by atoms with van der Waals surface area (Å²) in [5, 5.41) is 17.0. The minimum Gasteiger partial charge on any atom is -0.469 e. The molecule has 7 heteroatoms. The lowest BCUT2D eigenvalue weighted by atomic mass is 10.1. The fourth-order valence-corrected chi connectivity index (χ4v) is 2.79. The molecule has 7 nitrogen and oxygen atoms in total. The highest BCUT2D eigenvalue weighted by Gasteiger charge is 2.16. The molecular weight excluding hydrogens is 332 g/mol. The third kappa shape index (κ3) is 5.86. The fourth-order valence-electron chi connectivity index (χ4n) is 2.79. The van der Waals surface area contributed by atoms with Crippen LogP contribution in [0.5, 0.6) is 0 Å². The van der Waals surface area contributed by atoms with Crippen molar-refractivity contribution in [1.29, 1.82) is 0 Å². The molecule has 3 rings (SSSR count). The van der Waals surface area contributed by atoms with Gasteiger partial charge < -0.3 is 24.9 Å². The van der Waals surface area contributed by atoms with Crippen LogP contribution in [0.1, 0.15) is 23.8 Å². The Morgan fingerprint density at radius 2 is 2.19 bits per heavy atom. The second-order valence-corrected chi connectivity index (χ2v) is 6.35. The quantitative estimate of drug-likeness (QED) is 0.490. The molecule has 3 N–H and O–H groups in total. The van der Waals surface area contributed by atoms with E-state index >= 15 is 0 Å². The number of guanidine groups is 1. The van der Waals surface area contributed by atoms with Crippen molar-refractivity contribution >= 4 is 5.96 Å². The predicted molar refractivity (Wildman–Crippen MR) is 98.8 cm³/mol. The summed E-state index contributed by atoms with van der Waals surface area (Å²) in [6.07, 6.45) is 6.19. The molecule has 1 aliphatic rings. The third-order valence-corrected chi connectivity index (χ3v) is 4.34.